The van der Waals surface area contributed by atoms with Gasteiger partial charge in [0.2, 0.25) is 0 Å². The van der Waals surface area contributed by atoms with E-state index in [0.29, 0.717) is 12.2 Å². The van der Waals surface area contributed by atoms with Gasteiger partial charge in [0, 0.05) is 37.9 Å². The van der Waals surface area contributed by atoms with Gasteiger partial charge in [-0.05, 0) is 48.9 Å². The fraction of sp³-hybridized carbons (Fsp3) is 0.240. The normalized spacial score (nSPS) is 12.3. The molecule has 2 aromatic carbocycles. The van der Waals surface area contributed by atoms with Crippen LogP contribution in [0.5, 0.6) is 0 Å². The molecule has 8 nitrogen and oxygen atoms in total. The van der Waals surface area contributed by atoms with E-state index < -0.39 is 23.3 Å². The zero-order valence-electron chi connectivity index (χ0n) is 19.0. The molecule has 0 heterocycles. The number of rotatable bonds is 7. The van der Waals surface area contributed by atoms with Gasteiger partial charge in [-0.3, -0.25) is 19.6 Å². The Balaban J connectivity index is 2.16. The zero-order chi connectivity index (χ0) is 24.4. The minimum atomic E-state index is -1.94. The summed E-state index contributed by atoms with van der Waals surface area (Å²) in [5.74, 6) is 3.77. The summed E-state index contributed by atoms with van der Waals surface area (Å²) in [6.07, 6.45) is 3.89. The number of amides is 3. The predicted octanol–water partition coefficient (Wildman–Crippen LogP) is 1.83. The standard InChI is InChI=1S/C25H27N3O5/c1-25(23(30)26-2,24(31)27-32)28(3)22(29)21-15-13-20(14-16-21)12-11-19-9-7-18(8-10-19)6-5-17-33-4/h5-10,13-16,32H,17H2,1-4H3,(H,26,30)(H,27,31)/t25-/m0/s1. The molecule has 2 aromatic rings. The largest absolute Gasteiger partial charge is 0.381 e. The molecule has 2 rings (SSSR count). The molecule has 172 valence electrons. The molecule has 0 saturated heterocycles. The minimum Gasteiger partial charge on any atom is -0.381 e. The molecule has 0 aromatic heterocycles. The predicted molar refractivity (Wildman–Crippen MR) is 124 cm³/mol. The molecule has 0 radical (unpaired) electrons. The Kier molecular flexibility index (Phi) is 8.92. The van der Waals surface area contributed by atoms with E-state index in [1.54, 1.807) is 31.4 Å². The van der Waals surface area contributed by atoms with Crippen LogP contribution >= 0.6 is 0 Å². The van der Waals surface area contributed by atoms with Gasteiger partial charge in [0.05, 0.1) is 6.61 Å². The van der Waals surface area contributed by atoms with E-state index in [9.17, 15) is 14.4 Å². The Morgan fingerprint density at radius 1 is 1.03 bits per heavy atom. The first-order valence-corrected chi connectivity index (χ1v) is 10.1. The molecule has 0 aliphatic heterocycles. The second-order valence-electron chi connectivity index (χ2n) is 7.26. The van der Waals surface area contributed by atoms with Crippen molar-refractivity contribution in [3.8, 4) is 11.8 Å². The lowest BCUT2D eigenvalue weighted by Crippen LogP contribution is -2.64. The van der Waals surface area contributed by atoms with E-state index in [0.717, 1.165) is 16.0 Å². The number of carbonyl (C=O) groups is 3. The van der Waals surface area contributed by atoms with Crippen molar-refractivity contribution in [2.45, 2.75) is 12.5 Å². The Morgan fingerprint density at radius 2 is 1.58 bits per heavy atom. The van der Waals surface area contributed by atoms with Gasteiger partial charge in [0.1, 0.15) is 0 Å². The summed E-state index contributed by atoms with van der Waals surface area (Å²) in [6, 6.07) is 14.2. The molecule has 0 fully saturated rings. The van der Waals surface area contributed by atoms with Crippen LogP contribution < -0.4 is 10.8 Å². The first-order chi connectivity index (χ1) is 15.8. The van der Waals surface area contributed by atoms with Gasteiger partial charge in [-0.15, -0.1) is 0 Å². The van der Waals surface area contributed by atoms with Crippen molar-refractivity contribution in [3.63, 3.8) is 0 Å². The molecule has 33 heavy (non-hydrogen) atoms. The summed E-state index contributed by atoms with van der Waals surface area (Å²) in [4.78, 5) is 38.3. The molecular weight excluding hydrogens is 422 g/mol. The average Bonchev–Trinajstić information content (AvgIpc) is 2.86. The summed E-state index contributed by atoms with van der Waals surface area (Å²) in [5, 5.41) is 11.4. The second kappa shape index (κ2) is 11.6. The first-order valence-electron chi connectivity index (χ1n) is 10.1. The fourth-order valence-electron chi connectivity index (χ4n) is 2.96. The number of hydrogen-bond donors (Lipinski definition) is 3. The number of nitrogens with zero attached hydrogens (tertiary/aromatic N) is 1. The van der Waals surface area contributed by atoms with Crippen LogP contribution in [-0.4, -0.2) is 61.2 Å². The third kappa shape index (κ3) is 6.07. The van der Waals surface area contributed by atoms with Crippen molar-refractivity contribution < 1.29 is 24.3 Å². The fourth-order valence-corrected chi connectivity index (χ4v) is 2.96. The summed E-state index contributed by atoms with van der Waals surface area (Å²) < 4.78 is 4.98. The van der Waals surface area contributed by atoms with E-state index >= 15 is 0 Å². The molecule has 8 heteroatoms. The molecule has 0 spiro atoms. The summed E-state index contributed by atoms with van der Waals surface area (Å²) >= 11 is 0. The lowest BCUT2D eigenvalue weighted by atomic mass is 9.96. The van der Waals surface area contributed by atoms with Gasteiger partial charge in [-0.2, -0.15) is 0 Å². The molecule has 0 bridgehead atoms. The van der Waals surface area contributed by atoms with Crippen molar-refractivity contribution in [2.75, 3.05) is 27.8 Å². The highest BCUT2D eigenvalue weighted by atomic mass is 16.5. The van der Waals surface area contributed by atoms with Gasteiger partial charge in [0.15, 0.2) is 5.54 Å². The van der Waals surface area contributed by atoms with E-state index in [2.05, 4.69) is 17.2 Å². The number of benzene rings is 2. The lowest BCUT2D eigenvalue weighted by Gasteiger charge is -2.34. The van der Waals surface area contributed by atoms with Crippen LogP contribution in [0.25, 0.3) is 6.08 Å². The molecule has 0 aliphatic rings. The number of likely N-dealkylation sites (N-methyl/N-ethyl adjacent to an activating group) is 2. The third-order valence-electron chi connectivity index (χ3n) is 5.16. The number of carbonyl (C=O) groups excluding carboxylic acids is 3. The van der Waals surface area contributed by atoms with Crippen LogP contribution in [-0.2, 0) is 14.3 Å². The van der Waals surface area contributed by atoms with Crippen molar-refractivity contribution in [3.05, 3.63) is 76.9 Å². The molecule has 1 atom stereocenters. The highest BCUT2D eigenvalue weighted by Crippen LogP contribution is 2.18. The molecular formula is C25H27N3O5. The monoisotopic (exact) mass is 449 g/mol. The molecule has 3 N–H and O–H groups in total. The number of ether oxygens (including phenoxy) is 1. The Morgan fingerprint density at radius 3 is 2.06 bits per heavy atom. The maximum atomic E-state index is 12.9. The van der Waals surface area contributed by atoms with E-state index in [4.69, 9.17) is 9.94 Å². The highest BCUT2D eigenvalue weighted by Gasteiger charge is 2.47. The maximum Gasteiger partial charge on any atom is 0.278 e. The summed E-state index contributed by atoms with van der Waals surface area (Å²) in [5.41, 5.74) is 2.35. The Bertz CT molecular complexity index is 1060. The van der Waals surface area contributed by atoms with Gasteiger partial charge in [-0.25, -0.2) is 5.48 Å². The van der Waals surface area contributed by atoms with E-state index in [1.165, 1.54) is 26.5 Å². The van der Waals surface area contributed by atoms with Gasteiger partial charge < -0.3 is 15.0 Å². The second-order valence-corrected chi connectivity index (χ2v) is 7.26. The smallest absolute Gasteiger partial charge is 0.278 e. The third-order valence-corrected chi connectivity index (χ3v) is 5.16. The molecule has 0 unspecified atom stereocenters. The van der Waals surface area contributed by atoms with Crippen LogP contribution in [0.2, 0.25) is 0 Å². The van der Waals surface area contributed by atoms with Crippen LogP contribution in [0.4, 0.5) is 0 Å². The van der Waals surface area contributed by atoms with Gasteiger partial charge in [0.25, 0.3) is 17.7 Å². The summed E-state index contributed by atoms with van der Waals surface area (Å²) in [7, 11) is 4.29. The molecule has 0 saturated carbocycles. The molecule has 3 amide bonds. The van der Waals surface area contributed by atoms with Crippen LogP contribution in [0, 0.1) is 11.8 Å². The topological polar surface area (TPSA) is 108 Å². The molecule has 0 aliphatic carbocycles. The van der Waals surface area contributed by atoms with Crippen LogP contribution in [0.3, 0.4) is 0 Å². The highest BCUT2D eigenvalue weighted by molar-refractivity contribution is 6.12. The first kappa shape index (κ1) is 25.3. The van der Waals surface area contributed by atoms with Crippen LogP contribution in [0.15, 0.2) is 54.6 Å². The van der Waals surface area contributed by atoms with Gasteiger partial charge >= 0.3 is 0 Å². The van der Waals surface area contributed by atoms with Crippen molar-refractivity contribution >= 4 is 23.8 Å². The number of nitrogens with one attached hydrogen (secondary N) is 2. The average molecular weight is 450 g/mol. The number of methoxy groups -OCH3 is 1. The minimum absolute atomic E-state index is 0.260. The van der Waals surface area contributed by atoms with Crippen LogP contribution in [0.1, 0.15) is 34.0 Å². The zero-order valence-corrected chi connectivity index (χ0v) is 19.0. The van der Waals surface area contributed by atoms with E-state index in [1.807, 2.05) is 36.4 Å². The number of hydroxylamine groups is 1. The van der Waals surface area contributed by atoms with Crippen molar-refractivity contribution in [2.24, 2.45) is 0 Å². The maximum absolute atomic E-state index is 12.9. The number of hydrogen-bond acceptors (Lipinski definition) is 5. The SMILES string of the molecule is CNC(=O)[C@@](C)(C(=O)NO)N(C)C(=O)c1ccc(C#Cc2ccc(C=CCOC)cc2)cc1. The Labute approximate surface area is 193 Å². The summed E-state index contributed by atoms with van der Waals surface area (Å²) in [6.45, 7) is 1.79. The quantitative estimate of drug-likeness (QED) is 0.259. The van der Waals surface area contributed by atoms with Crippen molar-refractivity contribution in [1.29, 1.82) is 0 Å². The van der Waals surface area contributed by atoms with Gasteiger partial charge in [-0.1, -0.05) is 36.1 Å². The Hall–Kier alpha value is -3.93. The van der Waals surface area contributed by atoms with Crippen molar-refractivity contribution in [1.82, 2.24) is 15.7 Å². The lowest BCUT2D eigenvalue weighted by molar-refractivity contribution is -0.148. The van der Waals surface area contributed by atoms with E-state index in [-0.39, 0.29) is 5.56 Å².